The van der Waals surface area contributed by atoms with Gasteiger partial charge in [0.25, 0.3) is 5.91 Å². The highest BCUT2D eigenvalue weighted by Gasteiger charge is 2.50. The van der Waals surface area contributed by atoms with Crippen LogP contribution >= 0.6 is 15.9 Å². The number of carbonyl (C=O) groups excluding carboxylic acids is 2. The zero-order valence-electron chi connectivity index (χ0n) is 15.9. The Morgan fingerprint density at radius 3 is 2.83 bits per heavy atom. The van der Waals surface area contributed by atoms with Crippen LogP contribution in [0.15, 0.2) is 46.9 Å². The molecular weight excluding hydrogens is 438 g/mol. The van der Waals surface area contributed by atoms with Crippen LogP contribution in [-0.4, -0.2) is 30.1 Å². The van der Waals surface area contributed by atoms with Crippen LogP contribution in [0.25, 0.3) is 6.08 Å². The number of halogens is 1. The molecule has 0 aliphatic carbocycles. The first-order valence-electron chi connectivity index (χ1n) is 9.37. The van der Waals surface area contributed by atoms with E-state index >= 15 is 0 Å². The van der Waals surface area contributed by atoms with Crippen molar-refractivity contribution in [2.75, 3.05) is 18.2 Å². The molecule has 6 nitrogen and oxygen atoms in total. The van der Waals surface area contributed by atoms with E-state index in [1.165, 1.54) is 6.08 Å². The Bertz CT molecular complexity index is 1020. The largest absolute Gasteiger partial charge is 0.454 e. The number of nitrogens with zero attached hydrogens (tertiary/aromatic N) is 1. The highest BCUT2D eigenvalue weighted by atomic mass is 79.9. The monoisotopic (exact) mass is 457 g/mol. The Morgan fingerprint density at radius 2 is 2.03 bits per heavy atom. The van der Waals surface area contributed by atoms with Gasteiger partial charge in [-0.3, -0.25) is 9.59 Å². The summed E-state index contributed by atoms with van der Waals surface area (Å²) in [7, 11) is 0. The van der Waals surface area contributed by atoms with Crippen LogP contribution in [0.1, 0.15) is 30.9 Å². The van der Waals surface area contributed by atoms with Crippen LogP contribution in [0, 0.1) is 0 Å². The molecule has 0 bridgehead atoms. The Hall–Kier alpha value is -2.64. The lowest BCUT2D eigenvalue weighted by Gasteiger charge is -2.22. The fourth-order valence-corrected chi connectivity index (χ4v) is 4.02. The van der Waals surface area contributed by atoms with Gasteiger partial charge in [0.05, 0.1) is 12.1 Å². The van der Waals surface area contributed by atoms with E-state index in [9.17, 15) is 14.7 Å². The number of allylic oxidation sites excluding steroid dienone is 1. The van der Waals surface area contributed by atoms with Crippen molar-refractivity contribution >= 4 is 39.4 Å². The predicted octanol–water partition coefficient (Wildman–Crippen LogP) is 3.79. The van der Waals surface area contributed by atoms with Gasteiger partial charge in [0.1, 0.15) is 0 Å². The number of amides is 1. The second-order valence-corrected chi connectivity index (χ2v) is 7.98. The summed E-state index contributed by atoms with van der Waals surface area (Å²) < 4.78 is 11.3. The van der Waals surface area contributed by atoms with Crippen molar-refractivity contribution in [2.45, 2.75) is 25.4 Å². The van der Waals surface area contributed by atoms with E-state index in [1.807, 2.05) is 19.1 Å². The first-order valence-corrected chi connectivity index (χ1v) is 10.2. The Morgan fingerprint density at radius 1 is 1.24 bits per heavy atom. The molecule has 1 N–H and O–H groups in total. The minimum Gasteiger partial charge on any atom is -0.454 e. The molecule has 2 heterocycles. The Balaban J connectivity index is 1.57. The molecule has 150 valence electrons. The van der Waals surface area contributed by atoms with Gasteiger partial charge in [0.15, 0.2) is 22.9 Å². The first kappa shape index (κ1) is 19.7. The summed E-state index contributed by atoms with van der Waals surface area (Å²) in [4.78, 5) is 27.2. The number of hydrogen-bond acceptors (Lipinski definition) is 5. The lowest BCUT2D eigenvalue weighted by Crippen LogP contribution is -2.41. The highest BCUT2D eigenvalue weighted by molar-refractivity contribution is 9.10. The number of ether oxygens (including phenoxy) is 2. The predicted molar refractivity (Wildman–Crippen MR) is 112 cm³/mol. The number of anilines is 1. The van der Waals surface area contributed by atoms with Gasteiger partial charge < -0.3 is 19.5 Å². The molecule has 0 saturated carbocycles. The number of fused-ring (bicyclic) bond motifs is 2. The van der Waals surface area contributed by atoms with Crippen LogP contribution < -0.4 is 14.4 Å². The maximum Gasteiger partial charge on any atom is 0.264 e. The molecule has 0 radical (unpaired) electrons. The maximum absolute atomic E-state index is 13.0. The number of rotatable bonds is 6. The average molecular weight is 458 g/mol. The van der Waals surface area contributed by atoms with Crippen LogP contribution in [-0.2, 0) is 15.2 Å². The van der Waals surface area contributed by atoms with Gasteiger partial charge in [-0.2, -0.15) is 0 Å². The van der Waals surface area contributed by atoms with Gasteiger partial charge >= 0.3 is 0 Å². The van der Waals surface area contributed by atoms with E-state index in [1.54, 1.807) is 35.2 Å². The van der Waals surface area contributed by atoms with Crippen molar-refractivity contribution in [2.24, 2.45) is 0 Å². The lowest BCUT2D eigenvalue weighted by atomic mass is 9.89. The van der Waals surface area contributed by atoms with Crippen LogP contribution in [0.2, 0.25) is 0 Å². The highest BCUT2D eigenvalue weighted by Crippen LogP contribution is 2.44. The zero-order valence-corrected chi connectivity index (χ0v) is 17.4. The molecule has 2 aromatic carbocycles. The normalized spacial score (nSPS) is 19.8. The molecule has 0 saturated heterocycles. The molecule has 2 aromatic rings. The molecule has 1 unspecified atom stereocenters. The van der Waals surface area contributed by atoms with Crippen molar-refractivity contribution < 1.29 is 24.2 Å². The van der Waals surface area contributed by atoms with Crippen LogP contribution in [0.3, 0.4) is 0 Å². The molecule has 1 atom stereocenters. The summed E-state index contributed by atoms with van der Waals surface area (Å²) >= 11 is 3.39. The van der Waals surface area contributed by atoms with E-state index in [-0.39, 0.29) is 19.0 Å². The fraction of sp³-hybridized carbons (Fsp3) is 0.273. The molecule has 29 heavy (non-hydrogen) atoms. The average Bonchev–Trinajstić information content (AvgIpc) is 3.24. The van der Waals surface area contributed by atoms with Gasteiger partial charge in [-0.25, -0.2) is 0 Å². The fourth-order valence-electron chi connectivity index (χ4n) is 3.66. The Labute approximate surface area is 176 Å². The zero-order chi connectivity index (χ0) is 20.6. The quantitative estimate of drug-likeness (QED) is 0.667. The van der Waals surface area contributed by atoms with Gasteiger partial charge in [-0.15, -0.1) is 0 Å². The van der Waals surface area contributed by atoms with Gasteiger partial charge in [0.2, 0.25) is 6.79 Å². The molecule has 0 spiro atoms. The lowest BCUT2D eigenvalue weighted by molar-refractivity contribution is -0.140. The summed E-state index contributed by atoms with van der Waals surface area (Å²) in [5, 5.41) is 11.2. The molecule has 2 aliphatic rings. The minimum absolute atomic E-state index is 0.180. The summed E-state index contributed by atoms with van der Waals surface area (Å²) in [5.41, 5.74) is -0.00160. The van der Waals surface area contributed by atoms with Crippen molar-refractivity contribution in [1.29, 1.82) is 0 Å². The molecule has 4 rings (SSSR count). The number of ketones is 1. The summed E-state index contributed by atoms with van der Waals surface area (Å²) in [5.74, 6) is 0.482. The number of carbonyl (C=O) groups is 2. The summed E-state index contributed by atoms with van der Waals surface area (Å²) in [6.07, 6.45) is 3.44. The smallest absolute Gasteiger partial charge is 0.264 e. The topological polar surface area (TPSA) is 76.1 Å². The van der Waals surface area contributed by atoms with E-state index in [0.717, 1.165) is 16.5 Å². The van der Waals surface area contributed by atoms with E-state index in [4.69, 9.17) is 9.47 Å². The maximum atomic E-state index is 13.0. The van der Waals surface area contributed by atoms with Crippen molar-refractivity contribution in [3.05, 3.63) is 58.1 Å². The van der Waals surface area contributed by atoms with Gasteiger partial charge in [-0.05, 0) is 48.4 Å². The van der Waals surface area contributed by atoms with Gasteiger partial charge in [0, 0.05) is 16.6 Å². The second-order valence-electron chi connectivity index (χ2n) is 7.07. The summed E-state index contributed by atoms with van der Waals surface area (Å²) in [6.45, 7) is 2.62. The van der Waals surface area contributed by atoms with E-state index < -0.39 is 11.5 Å². The molecule has 7 heteroatoms. The van der Waals surface area contributed by atoms with Crippen molar-refractivity contribution in [1.82, 2.24) is 0 Å². The molecule has 1 amide bonds. The standard InChI is InChI=1S/C22H20BrNO5/c1-2-9-24-18-7-5-15(23)11-17(18)22(27,21(24)26)12-16(25)6-3-14-4-8-19-20(10-14)29-13-28-19/h3-8,10-11,27H,2,9,12-13H2,1H3. The summed E-state index contributed by atoms with van der Waals surface area (Å²) in [6, 6.07) is 10.7. The third kappa shape index (κ3) is 3.56. The molecule has 0 fully saturated rings. The molecule has 0 aromatic heterocycles. The molecule has 2 aliphatic heterocycles. The SMILES string of the molecule is CCCN1C(=O)C(O)(CC(=O)C=Cc2ccc3c(c2)OCO3)c2cc(Br)ccc21. The number of benzene rings is 2. The van der Waals surface area contributed by atoms with Crippen molar-refractivity contribution in [3.63, 3.8) is 0 Å². The van der Waals surface area contributed by atoms with E-state index in [0.29, 0.717) is 29.3 Å². The van der Waals surface area contributed by atoms with Gasteiger partial charge in [-0.1, -0.05) is 35.0 Å². The minimum atomic E-state index is -1.87. The van der Waals surface area contributed by atoms with Crippen LogP contribution in [0.4, 0.5) is 5.69 Å². The first-order chi connectivity index (χ1) is 13.9. The Kier molecular flexibility index (Phi) is 5.19. The number of aliphatic hydroxyl groups is 1. The molecular formula is C22H20BrNO5. The van der Waals surface area contributed by atoms with E-state index in [2.05, 4.69) is 15.9 Å². The number of hydrogen-bond donors (Lipinski definition) is 1. The van der Waals surface area contributed by atoms with Crippen molar-refractivity contribution in [3.8, 4) is 11.5 Å². The third-order valence-corrected chi connectivity index (χ3v) is 5.52. The second kappa shape index (κ2) is 7.65. The van der Waals surface area contributed by atoms with Crippen LogP contribution in [0.5, 0.6) is 11.5 Å². The third-order valence-electron chi connectivity index (χ3n) is 5.03.